The Kier molecular flexibility index (Phi) is 11.3. The molecule has 0 radical (unpaired) electrons. The third kappa shape index (κ3) is 9.38. The Labute approximate surface area is 313 Å². The third-order valence-corrected chi connectivity index (χ3v) is 10.7. The Hall–Kier alpha value is -5.84. The van der Waals surface area contributed by atoms with Crippen molar-refractivity contribution in [3.05, 3.63) is 109 Å². The van der Waals surface area contributed by atoms with E-state index in [9.17, 15) is 26.2 Å². The summed E-state index contributed by atoms with van der Waals surface area (Å²) < 4.78 is 77.9. The zero-order valence-electron chi connectivity index (χ0n) is 29.3. The molecule has 1 amide bonds. The summed E-state index contributed by atoms with van der Waals surface area (Å²) in [6.45, 7) is 3.85. The molecule has 0 fully saturated rings. The SMILES string of the molecule is CC(C)(CCCCOc1cc(-c2ccc3c(c2)OCO3)cc(-c2ccccc2)n1)C(=O)NS(=O)(=O)c1ccc(N/N=C/c2ccccc2S(=O)(=O)O)nc1. The van der Waals surface area contributed by atoms with E-state index < -0.39 is 31.5 Å². The molecule has 0 spiro atoms. The van der Waals surface area contributed by atoms with Gasteiger partial charge in [0.05, 0.1) is 18.5 Å². The molecule has 54 heavy (non-hydrogen) atoms. The van der Waals surface area contributed by atoms with Crippen LogP contribution in [0, 0.1) is 5.41 Å². The van der Waals surface area contributed by atoms with Crippen LogP contribution >= 0.6 is 0 Å². The van der Waals surface area contributed by atoms with Crippen LogP contribution in [0.3, 0.4) is 0 Å². The fourth-order valence-corrected chi connectivity index (χ4v) is 7.20. The molecule has 0 saturated carbocycles. The number of nitrogens with zero attached hydrogens (tertiary/aromatic N) is 3. The first-order valence-electron chi connectivity index (χ1n) is 16.8. The predicted octanol–water partition coefficient (Wildman–Crippen LogP) is 6.31. The molecule has 0 unspecified atom stereocenters. The molecule has 0 atom stereocenters. The van der Waals surface area contributed by atoms with Crippen LogP contribution in [0.5, 0.6) is 17.4 Å². The first-order chi connectivity index (χ1) is 25.8. The van der Waals surface area contributed by atoms with Crippen LogP contribution in [0.1, 0.15) is 38.7 Å². The van der Waals surface area contributed by atoms with Gasteiger partial charge >= 0.3 is 0 Å². The van der Waals surface area contributed by atoms with Crippen molar-refractivity contribution in [2.24, 2.45) is 10.5 Å². The highest BCUT2D eigenvalue weighted by Crippen LogP contribution is 2.37. The van der Waals surface area contributed by atoms with Gasteiger partial charge in [0.1, 0.15) is 15.6 Å². The minimum Gasteiger partial charge on any atom is -0.478 e. The minimum atomic E-state index is -4.46. The standard InChI is InChI=1S/C38H37N5O9S2/c1-38(2,37(44)43-53(45,46)30-15-17-35(39-24-30)42-40-23-28-12-6-7-13-34(28)54(47,48)49)18-8-9-19-50-36-22-29(20-31(41-36)26-10-4-3-5-11-26)27-14-16-32-33(21-27)52-25-51-32/h3-7,10-17,20-24H,8-9,18-19,25H2,1-2H3,(H,39,42)(H,43,44)(H,47,48,49)/b40-23+. The number of anilines is 1. The monoisotopic (exact) mass is 771 g/mol. The second-order valence-corrected chi connectivity index (χ2v) is 16.0. The Morgan fingerprint density at radius 2 is 1.65 bits per heavy atom. The molecule has 16 heteroatoms. The summed E-state index contributed by atoms with van der Waals surface area (Å²) in [5, 5.41) is 3.91. The number of pyridine rings is 2. The number of hydrogen-bond acceptors (Lipinski definition) is 12. The quantitative estimate of drug-likeness (QED) is 0.0465. The molecule has 3 aromatic carbocycles. The number of nitrogens with one attached hydrogen (secondary N) is 2. The number of ether oxygens (including phenoxy) is 3. The van der Waals surface area contributed by atoms with Gasteiger partial charge in [-0.05, 0) is 66.8 Å². The van der Waals surface area contributed by atoms with Crippen LogP contribution in [0.15, 0.2) is 118 Å². The summed E-state index contributed by atoms with van der Waals surface area (Å²) in [5.74, 6) is 1.28. The molecule has 3 heterocycles. The first-order valence-corrected chi connectivity index (χ1v) is 19.7. The van der Waals surface area contributed by atoms with Gasteiger partial charge in [-0.2, -0.15) is 13.5 Å². The maximum atomic E-state index is 13.1. The smallest absolute Gasteiger partial charge is 0.295 e. The average molecular weight is 772 g/mol. The number of hydrogen-bond donors (Lipinski definition) is 3. The van der Waals surface area contributed by atoms with Crippen molar-refractivity contribution in [2.75, 3.05) is 18.8 Å². The van der Waals surface area contributed by atoms with E-state index in [0.29, 0.717) is 43.2 Å². The molecule has 0 aliphatic carbocycles. The topological polar surface area (TPSA) is 195 Å². The van der Waals surface area contributed by atoms with E-state index in [1.807, 2.05) is 60.7 Å². The fourth-order valence-electron chi connectivity index (χ4n) is 5.45. The van der Waals surface area contributed by atoms with Crippen LogP contribution in [0.4, 0.5) is 5.82 Å². The van der Waals surface area contributed by atoms with Crippen molar-refractivity contribution in [1.29, 1.82) is 0 Å². The van der Waals surface area contributed by atoms with Crippen molar-refractivity contribution in [3.8, 4) is 39.8 Å². The lowest BCUT2D eigenvalue weighted by Crippen LogP contribution is -2.40. The zero-order chi connectivity index (χ0) is 38.3. The van der Waals surface area contributed by atoms with Gasteiger partial charge in [0.25, 0.3) is 20.1 Å². The molecule has 14 nitrogen and oxygen atoms in total. The van der Waals surface area contributed by atoms with E-state index in [1.54, 1.807) is 19.9 Å². The van der Waals surface area contributed by atoms with Gasteiger partial charge in [0.2, 0.25) is 18.6 Å². The lowest BCUT2D eigenvalue weighted by atomic mass is 9.86. The number of hydrazone groups is 1. The van der Waals surface area contributed by atoms with Crippen LogP contribution < -0.4 is 24.4 Å². The van der Waals surface area contributed by atoms with Crippen LogP contribution in [-0.4, -0.2) is 56.9 Å². The molecule has 6 rings (SSSR count). The number of carbonyl (C=O) groups excluding carboxylic acids is 1. The normalized spacial score (nSPS) is 12.8. The Balaban J connectivity index is 1.02. The molecular weight excluding hydrogens is 735 g/mol. The Morgan fingerprint density at radius 1 is 0.889 bits per heavy atom. The van der Waals surface area contributed by atoms with Gasteiger partial charge < -0.3 is 14.2 Å². The highest BCUT2D eigenvalue weighted by atomic mass is 32.2. The van der Waals surface area contributed by atoms with E-state index in [2.05, 4.69) is 20.2 Å². The second kappa shape index (κ2) is 16.0. The maximum absolute atomic E-state index is 13.1. The van der Waals surface area contributed by atoms with Gasteiger partial charge in [-0.15, -0.1) is 0 Å². The van der Waals surface area contributed by atoms with E-state index in [0.717, 1.165) is 28.6 Å². The molecule has 1 aliphatic heterocycles. The molecule has 3 N–H and O–H groups in total. The van der Waals surface area contributed by atoms with Crippen molar-refractivity contribution >= 4 is 38.1 Å². The van der Waals surface area contributed by atoms with Crippen molar-refractivity contribution in [1.82, 2.24) is 14.7 Å². The van der Waals surface area contributed by atoms with Gasteiger partial charge in [-0.1, -0.05) is 68.4 Å². The minimum absolute atomic E-state index is 0.127. The maximum Gasteiger partial charge on any atom is 0.295 e. The molecule has 0 bridgehead atoms. The fraction of sp³-hybridized carbons (Fsp3) is 0.211. The highest BCUT2D eigenvalue weighted by molar-refractivity contribution is 7.90. The van der Waals surface area contributed by atoms with Gasteiger partial charge in [0, 0.05) is 28.8 Å². The average Bonchev–Trinajstić information content (AvgIpc) is 3.63. The lowest BCUT2D eigenvalue weighted by molar-refractivity contribution is -0.127. The van der Waals surface area contributed by atoms with Gasteiger partial charge in [0.15, 0.2) is 11.5 Å². The molecule has 2 aromatic heterocycles. The summed E-state index contributed by atoms with van der Waals surface area (Å²) in [6.07, 6.45) is 3.77. The van der Waals surface area contributed by atoms with Gasteiger partial charge in [-0.25, -0.2) is 23.1 Å². The summed E-state index contributed by atoms with van der Waals surface area (Å²) >= 11 is 0. The number of fused-ring (bicyclic) bond motifs is 1. The zero-order valence-corrected chi connectivity index (χ0v) is 30.9. The largest absolute Gasteiger partial charge is 0.478 e. The lowest BCUT2D eigenvalue weighted by Gasteiger charge is -2.23. The van der Waals surface area contributed by atoms with E-state index in [1.165, 1.54) is 36.5 Å². The van der Waals surface area contributed by atoms with E-state index in [4.69, 9.17) is 19.2 Å². The number of benzene rings is 3. The van der Waals surface area contributed by atoms with Crippen molar-refractivity contribution < 1.29 is 40.4 Å². The van der Waals surface area contributed by atoms with E-state index >= 15 is 0 Å². The number of sulfonamides is 1. The Bertz CT molecular complexity index is 2390. The molecule has 1 aliphatic rings. The van der Waals surface area contributed by atoms with E-state index in [-0.39, 0.29) is 28.0 Å². The van der Waals surface area contributed by atoms with Gasteiger partial charge in [-0.3, -0.25) is 14.8 Å². The number of rotatable bonds is 15. The van der Waals surface area contributed by atoms with Crippen molar-refractivity contribution in [2.45, 2.75) is 42.9 Å². The number of amides is 1. The molecule has 0 saturated heterocycles. The molecule has 280 valence electrons. The molecule has 5 aromatic rings. The number of carbonyl (C=O) groups is 1. The number of aromatic nitrogens is 2. The van der Waals surface area contributed by atoms with Crippen LogP contribution in [0.25, 0.3) is 22.4 Å². The second-order valence-electron chi connectivity index (χ2n) is 12.9. The molecular formula is C38H37N5O9S2. The summed E-state index contributed by atoms with van der Waals surface area (Å²) in [5.41, 5.74) is 5.16. The van der Waals surface area contributed by atoms with Crippen LogP contribution in [-0.2, 0) is 24.9 Å². The van der Waals surface area contributed by atoms with Crippen LogP contribution in [0.2, 0.25) is 0 Å². The summed E-state index contributed by atoms with van der Waals surface area (Å²) in [4.78, 5) is 21.3. The summed E-state index contributed by atoms with van der Waals surface area (Å²) in [6, 6.07) is 27.6. The first kappa shape index (κ1) is 37.9. The number of unbranched alkanes of at least 4 members (excludes halogenated alkanes) is 1. The Morgan fingerprint density at radius 3 is 2.41 bits per heavy atom. The third-order valence-electron chi connectivity index (χ3n) is 8.49. The summed E-state index contributed by atoms with van der Waals surface area (Å²) in [7, 11) is -8.70. The highest BCUT2D eigenvalue weighted by Gasteiger charge is 2.31. The van der Waals surface area contributed by atoms with Crippen molar-refractivity contribution in [3.63, 3.8) is 0 Å². The predicted molar refractivity (Wildman–Crippen MR) is 201 cm³/mol.